The summed E-state index contributed by atoms with van der Waals surface area (Å²) < 4.78 is 28.7. The van der Waals surface area contributed by atoms with Crippen molar-refractivity contribution in [1.29, 1.82) is 0 Å². The molecule has 84 valence electrons. The monoisotopic (exact) mass is 286 g/mol. The molecule has 0 fully saturated rings. The predicted molar refractivity (Wildman–Crippen MR) is 61.0 cm³/mol. The second kappa shape index (κ2) is 3.97. The molecular weight excluding hydrogens is 278 g/mol. The summed E-state index contributed by atoms with van der Waals surface area (Å²) in [6, 6.07) is 3.46. The summed E-state index contributed by atoms with van der Waals surface area (Å²) in [5.41, 5.74) is 1.66. The van der Waals surface area contributed by atoms with E-state index in [1.165, 1.54) is 12.1 Å². The number of nitrogens with zero attached hydrogens (tertiary/aromatic N) is 2. The van der Waals surface area contributed by atoms with Gasteiger partial charge in [0.05, 0.1) is 4.47 Å². The molecule has 0 aliphatic rings. The third-order valence-electron chi connectivity index (χ3n) is 2.45. The first kappa shape index (κ1) is 11.3. The van der Waals surface area contributed by atoms with Crippen molar-refractivity contribution in [2.45, 2.75) is 6.92 Å². The molecule has 0 amide bonds. The molecule has 2 nitrogen and oxygen atoms in total. The summed E-state index contributed by atoms with van der Waals surface area (Å²) in [5, 5.41) is 4.18. The Morgan fingerprint density at radius 2 is 2.00 bits per heavy atom. The molecule has 0 unspecified atom stereocenters. The van der Waals surface area contributed by atoms with Gasteiger partial charge in [-0.3, -0.25) is 4.68 Å². The number of aromatic nitrogens is 2. The van der Waals surface area contributed by atoms with E-state index >= 15 is 0 Å². The summed E-state index contributed by atoms with van der Waals surface area (Å²) >= 11 is 3.35. The fourth-order valence-electron chi connectivity index (χ4n) is 1.44. The number of hydrogen-bond acceptors (Lipinski definition) is 1. The molecule has 16 heavy (non-hydrogen) atoms. The zero-order chi connectivity index (χ0) is 11.9. The van der Waals surface area contributed by atoms with Gasteiger partial charge in [0.1, 0.15) is 17.3 Å². The third-order valence-corrected chi connectivity index (χ3v) is 3.40. The number of benzene rings is 1. The Morgan fingerprint density at radius 1 is 1.31 bits per heavy atom. The summed E-state index contributed by atoms with van der Waals surface area (Å²) in [6.07, 6.45) is 0. The Bertz CT molecular complexity index is 549. The van der Waals surface area contributed by atoms with E-state index in [1.54, 1.807) is 11.7 Å². The first-order valence-corrected chi connectivity index (χ1v) is 5.44. The van der Waals surface area contributed by atoms with Gasteiger partial charge in [0.15, 0.2) is 0 Å². The summed E-state index contributed by atoms with van der Waals surface area (Å²) in [4.78, 5) is 0. The smallest absolute Gasteiger partial charge is 0.135 e. The van der Waals surface area contributed by atoms with E-state index in [-0.39, 0.29) is 5.56 Å². The largest absolute Gasteiger partial charge is 0.271 e. The van der Waals surface area contributed by atoms with Gasteiger partial charge in [-0.05, 0) is 35.0 Å². The topological polar surface area (TPSA) is 17.8 Å². The maximum Gasteiger partial charge on any atom is 0.135 e. The number of hydrogen-bond donors (Lipinski definition) is 0. The standard InChI is InChI=1S/C11H9BrF2N2/c1-6-10(12)11(15-16(6)2)8-4-3-7(13)5-9(8)14/h3-5H,1-2H3. The Kier molecular flexibility index (Phi) is 2.80. The molecule has 0 aliphatic carbocycles. The molecule has 0 atom stereocenters. The van der Waals surface area contributed by atoms with Crippen LogP contribution in [0.1, 0.15) is 5.69 Å². The molecule has 1 aromatic heterocycles. The van der Waals surface area contributed by atoms with Crippen molar-refractivity contribution < 1.29 is 8.78 Å². The highest BCUT2D eigenvalue weighted by Crippen LogP contribution is 2.31. The molecule has 0 spiro atoms. The first-order valence-electron chi connectivity index (χ1n) is 4.65. The van der Waals surface area contributed by atoms with Crippen LogP contribution in [-0.4, -0.2) is 9.78 Å². The van der Waals surface area contributed by atoms with E-state index in [4.69, 9.17) is 0 Å². The Morgan fingerprint density at radius 3 is 2.50 bits per heavy atom. The third kappa shape index (κ3) is 1.75. The van der Waals surface area contributed by atoms with Crippen LogP contribution in [0.25, 0.3) is 11.3 Å². The van der Waals surface area contributed by atoms with Crippen molar-refractivity contribution in [3.05, 3.63) is 40.0 Å². The SMILES string of the molecule is Cc1c(Br)c(-c2ccc(F)cc2F)nn1C. The van der Waals surface area contributed by atoms with E-state index in [2.05, 4.69) is 21.0 Å². The molecule has 0 aliphatic heterocycles. The minimum absolute atomic E-state index is 0.289. The summed E-state index contributed by atoms with van der Waals surface area (Å²) in [7, 11) is 1.77. The van der Waals surface area contributed by atoms with Crippen molar-refractivity contribution in [2.24, 2.45) is 7.05 Å². The van der Waals surface area contributed by atoms with Gasteiger partial charge >= 0.3 is 0 Å². The molecule has 1 aromatic carbocycles. The normalized spacial score (nSPS) is 10.8. The van der Waals surface area contributed by atoms with Gasteiger partial charge in [0.25, 0.3) is 0 Å². The molecule has 0 saturated heterocycles. The Hall–Kier alpha value is -1.23. The van der Waals surface area contributed by atoms with Crippen LogP contribution < -0.4 is 0 Å². The Labute approximate surface area is 100 Å². The second-order valence-corrected chi connectivity index (χ2v) is 4.29. The van der Waals surface area contributed by atoms with Gasteiger partial charge in [-0.2, -0.15) is 5.10 Å². The van der Waals surface area contributed by atoms with Gasteiger partial charge in [-0.1, -0.05) is 0 Å². The average molecular weight is 287 g/mol. The fourth-order valence-corrected chi connectivity index (χ4v) is 1.99. The summed E-state index contributed by atoms with van der Waals surface area (Å²) in [6.45, 7) is 1.86. The maximum atomic E-state index is 13.5. The zero-order valence-electron chi connectivity index (χ0n) is 8.76. The van der Waals surface area contributed by atoms with Crippen molar-refractivity contribution in [3.63, 3.8) is 0 Å². The van der Waals surface area contributed by atoms with Gasteiger partial charge in [0.2, 0.25) is 0 Å². The quantitative estimate of drug-likeness (QED) is 0.785. The van der Waals surface area contributed by atoms with Gasteiger partial charge in [-0.15, -0.1) is 0 Å². The minimum atomic E-state index is -0.612. The van der Waals surface area contributed by atoms with Crippen molar-refractivity contribution in [3.8, 4) is 11.3 Å². The lowest BCUT2D eigenvalue weighted by Crippen LogP contribution is -1.93. The second-order valence-electron chi connectivity index (χ2n) is 3.50. The highest BCUT2D eigenvalue weighted by Gasteiger charge is 2.15. The molecular formula is C11H9BrF2N2. The highest BCUT2D eigenvalue weighted by molar-refractivity contribution is 9.10. The minimum Gasteiger partial charge on any atom is -0.271 e. The van der Waals surface area contributed by atoms with Gasteiger partial charge in [-0.25, -0.2) is 8.78 Å². The van der Waals surface area contributed by atoms with E-state index in [9.17, 15) is 8.78 Å². The van der Waals surface area contributed by atoms with Crippen LogP contribution in [0.3, 0.4) is 0 Å². The lowest BCUT2D eigenvalue weighted by atomic mass is 10.1. The lowest BCUT2D eigenvalue weighted by molar-refractivity contribution is 0.585. The molecule has 0 radical (unpaired) electrons. The van der Waals surface area contributed by atoms with Gasteiger partial charge in [0, 0.05) is 24.4 Å². The fraction of sp³-hybridized carbons (Fsp3) is 0.182. The molecule has 2 rings (SSSR count). The molecule has 1 heterocycles. The van der Waals surface area contributed by atoms with Crippen LogP contribution in [0.5, 0.6) is 0 Å². The van der Waals surface area contributed by atoms with Crippen LogP contribution in [-0.2, 0) is 7.05 Å². The van der Waals surface area contributed by atoms with E-state index < -0.39 is 11.6 Å². The molecule has 2 aromatic rings. The van der Waals surface area contributed by atoms with Crippen LogP contribution in [0.2, 0.25) is 0 Å². The Balaban J connectivity index is 2.63. The molecule has 0 saturated carbocycles. The van der Waals surface area contributed by atoms with Crippen LogP contribution in [0.15, 0.2) is 22.7 Å². The number of aryl methyl sites for hydroxylation is 1. The first-order chi connectivity index (χ1) is 7.50. The van der Waals surface area contributed by atoms with E-state index in [0.29, 0.717) is 5.69 Å². The van der Waals surface area contributed by atoms with Gasteiger partial charge < -0.3 is 0 Å². The average Bonchev–Trinajstić information content (AvgIpc) is 2.46. The molecule has 0 N–H and O–H groups in total. The van der Waals surface area contributed by atoms with Crippen molar-refractivity contribution >= 4 is 15.9 Å². The van der Waals surface area contributed by atoms with Crippen LogP contribution in [0, 0.1) is 18.6 Å². The number of halogens is 3. The van der Waals surface area contributed by atoms with Crippen molar-refractivity contribution in [1.82, 2.24) is 9.78 Å². The maximum absolute atomic E-state index is 13.5. The van der Waals surface area contributed by atoms with E-state index in [1.807, 2.05) is 6.92 Å². The van der Waals surface area contributed by atoms with E-state index in [0.717, 1.165) is 16.2 Å². The predicted octanol–water partition coefficient (Wildman–Crippen LogP) is 3.44. The summed E-state index contributed by atoms with van der Waals surface area (Å²) in [5.74, 6) is -1.20. The van der Waals surface area contributed by atoms with Crippen LogP contribution in [0.4, 0.5) is 8.78 Å². The van der Waals surface area contributed by atoms with Crippen molar-refractivity contribution in [2.75, 3.05) is 0 Å². The zero-order valence-corrected chi connectivity index (χ0v) is 10.3. The highest BCUT2D eigenvalue weighted by atomic mass is 79.9. The lowest BCUT2D eigenvalue weighted by Gasteiger charge is -2.00. The number of rotatable bonds is 1. The molecule has 0 bridgehead atoms. The van der Waals surface area contributed by atoms with Crippen LogP contribution >= 0.6 is 15.9 Å². The molecule has 5 heteroatoms.